The molecule has 0 aliphatic carbocycles. The zero-order chi connectivity index (χ0) is 20.5. The topological polar surface area (TPSA) is 83.1 Å². The first-order chi connectivity index (χ1) is 13.5. The Morgan fingerprint density at radius 2 is 1.71 bits per heavy atom. The van der Waals surface area contributed by atoms with Crippen LogP contribution in [0.3, 0.4) is 0 Å². The second-order valence-electron chi connectivity index (χ2n) is 6.04. The van der Waals surface area contributed by atoms with E-state index in [0.29, 0.717) is 29.4 Å². The summed E-state index contributed by atoms with van der Waals surface area (Å²) in [6.45, 7) is 1.53. The summed E-state index contributed by atoms with van der Waals surface area (Å²) in [6.07, 6.45) is -0.306. The normalized spacial score (nSPS) is 11.3. The molecule has 1 amide bonds. The van der Waals surface area contributed by atoms with Crippen molar-refractivity contribution in [1.82, 2.24) is 0 Å². The first-order valence-electron chi connectivity index (χ1n) is 8.82. The number of benzene rings is 2. The van der Waals surface area contributed by atoms with Gasteiger partial charge in [0.15, 0.2) is 17.6 Å². The molecule has 28 heavy (non-hydrogen) atoms. The van der Waals surface area contributed by atoms with Crippen LogP contribution < -0.4 is 19.5 Å². The van der Waals surface area contributed by atoms with Crippen molar-refractivity contribution in [3.63, 3.8) is 0 Å². The summed E-state index contributed by atoms with van der Waals surface area (Å²) < 4.78 is 20.8. The Labute approximate surface area is 164 Å². The van der Waals surface area contributed by atoms with Crippen LogP contribution in [0.25, 0.3) is 0 Å². The van der Waals surface area contributed by atoms with Gasteiger partial charge in [0.25, 0.3) is 5.91 Å². The Hall–Kier alpha value is -3.22. The highest BCUT2D eigenvalue weighted by atomic mass is 16.5. The van der Waals surface area contributed by atoms with Crippen LogP contribution in [-0.2, 0) is 20.7 Å². The molecule has 7 heteroatoms. The Balaban J connectivity index is 1.85. The number of amides is 1. The first-order valence-corrected chi connectivity index (χ1v) is 8.82. The monoisotopic (exact) mass is 387 g/mol. The second kappa shape index (κ2) is 10.2. The van der Waals surface area contributed by atoms with Crippen molar-refractivity contribution in [2.75, 3.05) is 26.6 Å². The molecule has 0 aromatic heterocycles. The van der Waals surface area contributed by atoms with Crippen LogP contribution >= 0.6 is 0 Å². The summed E-state index contributed by atoms with van der Waals surface area (Å²) >= 11 is 0. The minimum atomic E-state index is -0.913. The molecule has 0 bridgehead atoms. The maximum Gasteiger partial charge on any atom is 0.306 e. The molecule has 150 valence electrons. The van der Waals surface area contributed by atoms with Crippen molar-refractivity contribution >= 4 is 17.6 Å². The van der Waals surface area contributed by atoms with E-state index in [0.717, 1.165) is 5.56 Å². The molecular formula is C21H25NO6. The highest BCUT2D eigenvalue weighted by molar-refractivity contribution is 5.95. The van der Waals surface area contributed by atoms with Crippen molar-refractivity contribution in [3.8, 4) is 17.2 Å². The molecule has 2 aromatic carbocycles. The number of carbonyl (C=O) groups is 2. The molecule has 7 nitrogen and oxygen atoms in total. The number of aryl methyl sites for hydroxylation is 1. The third kappa shape index (κ3) is 5.90. The summed E-state index contributed by atoms with van der Waals surface area (Å²) in [5.41, 5.74) is 1.47. The number of anilines is 1. The number of methoxy groups -OCH3 is 3. The van der Waals surface area contributed by atoms with Crippen molar-refractivity contribution in [2.24, 2.45) is 0 Å². The highest BCUT2D eigenvalue weighted by Gasteiger charge is 2.18. The largest absolute Gasteiger partial charge is 0.497 e. The van der Waals surface area contributed by atoms with E-state index in [-0.39, 0.29) is 6.42 Å². The molecule has 1 atom stereocenters. The van der Waals surface area contributed by atoms with Gasteiger partial charge in [-0.15, -0.1) is 0 Å². The minimum Gasteiger partial charge on any atom is -0.497 e. The number of carbonyl (C=O) groups excluding carboxylic acids is 2. The van der Waals surface area contributed by atoms with E-state index in [1.54, 1.807) is 51.7 Å². The molecule has 0 spiro atoms. The maximum absolute atomic E-state index is 12.2. The minimum absolute atomic E-state index is 0.145. The Morgan fingerprint density at radius 1 is 0.964 bits per heavy atom. The SMILES string of the molecule is COc1cccc(NC(=O)[C@@H](C)OC(=O)CCc2ccc(OC)c(OC)c2)c1. The Morgan fingerprint density at radius 3 is 2.39 bits per heavy atom. The number of hydrogen-bond donors (Lipinski definition) is 1. The van der Waals surface area contributed by atoms with Crippen LogP contribution in [0, 0.1) is 0 Å². The molecule has 0 heterocycles. The summed E-state index contributed by atoms with van der Waals surface area (Å²) in [5.74, 6) is 0.976. The van der Waals surface area contributed by atoms with E-state index in [9.17, 15) is 9.59 Å². The number of ether oxygens (including phenoxy) is 4. The fourth-order valence-electron chi connectivity index (χ4n) is 2.54. The van der Waals surface area contributed by atoms with Gasteiger partial charge < -0.3 is 24.3 Å². The van der Waals surface area contributed by atoms with Gasteiger partial charge in [0.1, 0.15) is 5.75 Å². The van der Waals surface area contributed by atoms with Gasteiger partial charge in [0.05, 0.1) is 21.3 Å². The summed E-state index contributed by atoms with van der Waals surface area (Å²) in [6, 6.07) is 12.4. The van der Waals surface area contributed by atoms with E-state index >= 15 is 0 Å². The van der Waals surface area contributed by atoms with E-state index in [1.165, 1.54) is 6.92 Å². The number of rotatable bonds is 9. The maximum atomic E-state index is 12.2. The van der Waals surface area contributed by atoms with Gasteiger partial charge in [0, 0.05) is 18.2 Å². The van der Waals surface area contributed by atoms with Crippen LogP contribution in [0.4, 0.5) is 5.69 Å². The Bertz CT molecular complexity index is 820. The van der Waals surface area contributed by atoms with E-state index < -0.39 is 18.0 Å². The third-order valence-corrected chi connectivity index (χ3v) is 4.08. The molecule has 0 aliphatic heterocycles. The molecule has 0 saturated heterocycles. The first kappa shape index (κ1) is 21.1. The van der Waals surface area contributed by atoms with Gasteiger partial charge in [-0.3, -0.25) is 9.59 Å². The molecular weight excluding hydrogens is 362 g/mol. The molecule has 2 rings (SSSR count). The smallest absolute Gasteiger partial charge is 0.306 e. The standard InChI is InChI=1S/C21H25NO6/c1-14(21(24)22-16-6-5-7-17(13-16)25-2)28-20(23)11-9-15-8-10-18(26-3)19(12-15)27-4/h5-8,10,12-14H,9,11H2,1-4H3,(H,22,24)/t14-/m1/s1. The van der Waals surface area contributed by atoms with E-state index in [1.807, 2.05) is 12.1 Å². The fourth-order valence-corrected chi connectivity index (χ4v) is 2.54. The van der Waals surface area contributed by atoms with Crippen LogP contribution in [0.15, 0.2) is 42.5 Å². The second-order valence-corrected chi connectivity index (χ2v) is 6.04. The van der Waals surface area contributed by atoms with Crippen molar-refractivity contribution in [1.29, 1.82) is 0 Å². The van der Waals surface area contributed by atoms with Gasteiger partial charge >= 0.3 is 5.97 Å². The van der Waals surface area contributed by atoms with Gasteiger partial charge in [-0.25, -0.2) is 0 Å². The van der Waals surface area contributed by atoms with Crippen LogP contribution in [0.1, 0.15) is 18.9 Å². The fraction of sp³-hybridized carbons (Fsp3) is 0.333. The van der Waals surface area contributed by atoms with Crippen LogP contribution in [0.2, 0.25) is 0 Å². The summed E-state index contributed by atoms with van der Waals surface area (Å²) in [7, 11) is 4.66. The van der Waals surface area contributed by atoms with Crippen molar-refractivity contribution in [2.45, 2.75) is 25.9 Å². The van der Waals surface area contributed by atoms with Crippen molar-refractivity contribution < 1.29 is 28.5 Å². The van der Waals surface area contributed by atoms with Gasteiger partial charge in [-0.2, -0.15) is 0 Å². The predicted molar refractivity (Wildman–Crippen MR) is 105 cm³/mol. The lowest BCUT2D eigenvalue weighted by Crippen LogP contribution is -2.30. The predicted octanol–water partition coefficient (Wildman–Crippen LogP) is 3.22. The van der Waals surface area contributed by atoms with E-state index in [2.05, 4.69) is 5.32 Å². The molecule has 2 aromatic rings. The Kier molecular flexibility index (Phi) is 7.68. The molecule has 0 fully saturated rings. The third-order valence-electron chi connectivity index (χ3n) is 4.08. The van der Waals surface area contributed by atoms with Crippen LogP contribution in [-0.4, -0.2) is 39.3 Å². The van der Waals surface area contributed by atoms with E-state index in [4.69, 9.17) is 18.9 Å². The van der Waals surface area contributed by atoms with Gasteiger partial charge in [-0.05, 0) is 43.2 Å². The number of nitrogens with one attached hydrogen (secondary N) is 1. The average molecular weight is 387 g/mol. The van der Waals surface area contributed by atoms with Crippen molar-refractivity contribution in [3.05, 3.63) is 48.0 Å². The van der Waals surface area contributed by atoms with Crippen LogP contribution in [0.5, 0.6) is 17.2 Å². The quantitative estimate of drug-likeness (QED) is 0.665. The molecule has 0 aliphatic rings. The zero-order valence-electron chi connectivity index (χ0n) is 16.5. The average Bonchev–Trinajstić information content (AvgIpc) is 2.71. The number of hydrogen-bond acceptors (Lipinski definition) is 6. The lowest BCUT2D eigenvalue weighted by Gasteiger charge is -2.14. The van der Waals surface area contributed by atoms with Gasteiger partial charge in [-0.1, -0.05) is 12.1 Å². The lowest BCUT2D eigenvalue weighted by atomic mass is 10.1. The highest BCUT2D eigenvalue weighted by Crippen LogP contribution is 2.28. The zero-order valence-corrected chi connectivity index (χ0v) is 16.5. The molecule has 0 unspecified atom stereocenters. The molecule has 1 N–H and O–H groups in total. The molecule has 0 saturated carbocycles. The number of esters is 1. The summed E-state index contributed by atoms with van der Waals surface area (Å²) in [4.78, 5) is 24.3. The summed E-state index contributed by atoms with van der Waals surface area (Å²) in [5, 5.41) is 2.70. The molecule has 0 radical (unpaired) electrons. The lowest BCUT2D eigenvalue weighted by molar-refractivity contribution is -0.153. The van der Waals surface area contributed by atoms with Gasteiger partial charge in [0.2, 0.25) is 0 Å².